The summed E-state index contributed by atoms with van der Waals surface area (Å²) in [5, 5.41) is 7.07. The van der Waals surface area contributed by atoms with Crippen LogP contribution in [0.4, 0.5) is 0 Å². The highest BCUT2D eigenvalue weighted by molar-refractivity contribution is 5.76. The second-order valence-corrected chi connectivity index (χ2v) is 6.25. The molecule has 1 aliphatic heterocycles. The van der Waals surface area contributed by atoms with Crippen molar-refractivity contribution in [3.05, 3.63) is 30.2 Å². The van der Waals surface area contributed by atoms with Gasteiger partial charge in [0.15, 0.2) is 0 Å². The summed E-state index contributed by atoms with van der Waals surface area (Å²) in [5.74, 6) is 2.16. The van der Waals surface area contributed by atoms with Gasteiger partial charge < -0.3 is 19.5 Å². The highest BCUT2D eigenvalue weighted by atomic mass is 16.5. The maximum atomic E-state index is 12.0. The molecule has 2 aromatic rings. The van der Waals surface area contributed by atoms with E-state index in [0.29, 0.717) is 24.7 Å². The quantitative estimate of drug-likeness (QED) is 0.789. The van der Waals surface area contributed by atoms with Gasteiger partial charge in [-0.2, -0.15) is 4.98 Å². The molecule has 0 saturated carbocycles. The van der Waals surface area contributed by atoms with Crippen LogP contribution in [0.15, 0.2) is 28.8 Å². The number of amides is 1. The lowest BCUT2D eigenvalue weighted by Crippen LogP contribution is -2.48. The summed E-state index contributed by atoms with van der Waals surface area (Å²) in [4.78, 5) is 20.7. The van der Waals surface area contributed by atoms with Crippen LogP contribution in [0.2, 0.25) is 0 Å². The minimum absolute atomic E-state index is 0.207. The van der Waals surface area contributed by atoms with Gasteiger partial charge in [0.2, 0.25) is 17.6 Å². The van der Waals surface area contributed by atoms with E-state index in [9.17, 15) is 4.79 Å². The topological polar surface area (TPSA) is 83.7 Å². The van der Waals surface area contributed by atoms with Crippen molar-refractivity contribution in [1.29, 1.82) is 0 Å². The van der Waals surface area contributed by atoms with E-state index in [1.165, 1.54) is 0 Å². The molecule has 3 rings (SSSR count). The highest BCUT2D eigenvalue weighted by Crippen LogP contribution is 2.20. The lowest BCUT2D eigenvalue weighted by molar-refractivity contribution is -0.132. The smallest absolute Gasteiger partial charge is 0.241 e. The number of carbonyl (C=O) groups is 1. The van der Waals surface area contributed by atoms with Crippen LogP contribution in [-0.4, -0.2) is 72.7 Å². The number of hydrogen-bond donors (Lipinski definition) is 1. The highest BCUT2D eigenvalue weighted by Gasteiger charge is 2.22. The standard InChI is InChI=1S/C18H25N5O3/c1-19-8-7-17(24)23-11-9-22(10-12-23)13-16-20-18(21-26-16)14-3-5-15(25-2)6-4-14/h3-6,19H,7-13H2,1-2H3. The second kappa shape index (κ2) is 8.77. The average molecular weight is 359 g/mol. The molecule has 0 unspecified atom stereocenters. The van der Waals surface area contributed by atoms with Crippen molar-refractivity contribution in [2.45, 2.75) is 13.0 Å². The number of benzene rings is 1. The molecule has 1 amide bonds. The molecule has 0 bridgehead atoms. The Morgan fingerprint density at radius 2 is 1.96 bits per heavy atom. The minimum atomic E-state index is 0.207. The molecule has 26 heavy (non-hydrogen) atoms. The van der Waals surface area contributed by atoms with Crippen LogP contribution in [0, 0.1) is 0 Å². The molecule has 140 valence electrons. The number of rotatable bonds is 7. The van der Waals surface area contributed by atoms with Gasteiger partial charge in [0, 0.05) is 44.7 Å². The molecule has 8 heteroatoms. The summed E-state index contributed by atoms with van der Waals surface area (Å²) in [6.45, 7) is 4.41. The number of carbonyl (C=O) groups excluding carboxylic acids is 1. The number of aromatic nitrogens is 2. The Bertz CT molecular complexity index is 708. The molecule has 2 heterocycles. The summed E-state index contributed by atoms with van der Waals surface area (Å²) in [6, 6.07) is 7.55. The van der Waals surface area contributed by atoms with Gasteiger partial charge in [-0.3, -0.25) is 9.69 Å². The first-order valence-electron chi connectivity index (χ1n) is 8.81. The van der Waals surface area contributed by atoms with E-state index < -0.39 is 0 Å². The van der Waals surface area contributed by atoms with Gasteiger partial charge in [-0.1, -0.05) is 5.16 Å². The number of piperazine rings is 1. The maximum Gasteiger partial charge on any atom is 0.241 e. The van der Waals surface area contributed by atoms with Gasteiger partial charge in [0.1, 0.15) is 5.75 Å². The molecule has 1 fully saturated rings. The zero-order chi connectivity index (χ0) is 18.4. The summed E-state index contributed by atoms with van der Waals surface area (Å²) in [5.41, 5.74) is 0.890. The number of methoxy groups -OCH3 is 1. The van der Waals surface area contributed by atoms with Crippen LogP contribution in [0.3, 0.4) is 0 Å². The average Bonchev–Trinajstić information content (AvgIpc) is 3.15. The van der Waals surface area contributed by atoms with Crippen molar-refractivity contribution in [1.82, 2.24) is 25.3 Å². The third-order valence-electron chi connectivity index (χ3n) is 4.49. The Balaban J connectivity index is 1.51. The fourth-order valence-corrected chi connectivity index (χ4v) is 2.91. The fourth-order valence-electron chi connectivity index (χ4n) is 2.91. The van der Waals surface area contributed by atoms with Crippen molar-refractivity contribution in [2.24, 2.45) is 0 Å². The monoisotopic (exact) mass is 359 g/mol. The molecule has 1 N–H and O–H groups in total. The van der Waals surface area contributed by atoms with E-state index in [-0.39, 0.29) is 5.91 Å². The molecule has 0 aliphatic carbocycles. The first-order valence-corrected chi connectivity index (χ1v) is 8.81. The molecule has 1 aromatic heterocycles. The van der Waals surface area contributed by atoms with Gasteiger partial charge >= 0.3 is 0 Å². The predicted octanol–water partition coefficient (Wildman–Crippen LogP) is 0.999. The summed E-state index contributed by atoms with van der Waals surface area (Å²) in [6.07, 6.45) is 0.547. The van der Waals surface area contributed by atoms with E-state index in [0.717, 1.165) is 44.0 Å². The first kappa shape index (κ1) is 18.3. The molecule has 1 aliphatic rings. The summed E-state index contributed by atoms with van der Waals surface area (Å²) < 4.78 is 10.5. The van der Waals surface area contributed by atoms with Crippen LogP contribution in [0.25, 0.3) is 11.4 Å². The van der Waals surface area contributed by atoms with Crippen LogP contribution in [0.5, 0.6) is 5.75 Å². The Morgan fingerprint density at radius 3 is 2.62 bits per heavy atom. The van der Waals surface area contributed by atoms with Crippen LogP contribution >= 0.6 is 0 Å². The van der Waals surface area contributed by atoms with Crippen molar-refractivity contribution >= 4 is 5.91 Å². The Hall–Kier alpha value is -2.45. The Kier molecular flexibility index (Phi) is 6.19. The number of hydrogen-bond acceptors (Lipinski definition) is 7. The third-order valence-corrected chi connectivity index (χ3v) is 4.49. The molecular formula is C18H25N5O3. The van der Waals surface area contributed by atoms with Crippen molar-refractivity contribution in [2.75, 3.05) is 46.9 Å². The normalized spacial score (nSPS) is 15.2. The predicted molar refractivity (Wildman–Crippen MR) is 96.7 cm³/mol. The SMILES string of the molecule is CNCCC(=O)N1CCN(Cc2nc(-c3ccc(OC)cc3)no2)CC1. The molecular weight excluding hydrogens is 334 g/mol. The van der Waals surface area contributed by atoms with Crippen molar-refractivity contribution in [3.8, 4) is 17.1 Å². The second-order valence-electron chi connectivity index (χ2n) is 6.25. The molecule has 0 spiro atoms. The Morgan fingerprint density at radius 1 is 1.23 bits per heavy atom. The lowest BCUT2D eigenvalue weighted by atomic mass is 10.2. The lowest BCUT2D eigenvalue weighted by Gasteiger charge is -2.34. The van der Waals surface area contributed by atoms with E-state index in [4.69, 9.17) is 9.26 Å². The van der Waals surface area contributed by atoms with Crippen molar-refractivity contribution < 1.29 is 14.1 Å². The maximum absolute atomic E-state index is 12.0. The zero-order valence-electron chi connectivity index (χ0n) is 15.3. The summed E-state index contributed by atoms with van der Waals surface area (Å²) >= 11 is 0. The molecule has 8 nitrogen and oxygen atoms in total. The van der Waals surface area contributed by atoms with Crippen LogP contribution < -0.4 is 10.1 Å². The van der Waals surface area contributed by atoms with Gasteiger partial charge in [0.25, 0.3) is 0 Å². The van der Waals surface area contributed by atoms with Gasteiger partial charge in [-0.05, 0) is 31.3 Å². The molecule has 1 aromatic carbocycles. The minimum Gasteiger partial charge on any atom is -0.497 e. The molecule has 1 saturated heterocycles. The van der Waals surface area contributed by atoms with E-state index in [1.54, 1.807) is 7.11 Å². The summed E-state index contributed by atoms with van der Waals surface area (Å²) in [7, 11) is 3.49. The van der Waals surface area contributed by atoms with E-state index in [2.05, 4.69) is 20.4 Å². The number of ether oxygens (including phenoxy) is 1. The molecule has 0 atom stereocenters. The van der Waals surface area contributed by atoms with Gasteiger partial charge in [-0.25, -0.2) is 0 Å². The number of nitrogens with one attached hydrogen (secondary N) is 1. The van der Waals surface area contributed by atoms with Crippen LogP contribution in [0.1, 0.15) is 12.3 Å². The fraction of sp³-hybridized carbons (Fsp3) is 0.500. The molecule has 0 radical (unpaired) electrons. The van der Waals surface area contributed by atoms with Crippen molar-refractivity contribution in [3.63, 3.8) is 0 Å². The Labute approximate surface area is 153 Å². The van der Waals surface area contributed by atoms with E-state index >= 15 is 0 Å². The largest absolute Gasteiger partial charge is 0.497 e. The van der Waals surface area contributed by atoms with Gasteiger partial charge in [-0.15, -0.1) is 0 Å². The first-order chi connectivity index (χ1) is 12.7. The van der Waals surface area contributed by atoms with E-state index in [1.807, 2.05) is 36.2 Å². The van der Waals surface area contributed by atoms with Gasteiger partial charge in [0.05, 0.1) is 13.7 Å². The third kappa shape index (κ3) is 4.59. The number of nitrogens with zero attached hydrogens (tertiary/aromatic N) is 4. The zero-order valence-corrected chi connectivity index (χ0v) is 15.3. The van der Waals surface area contributed by atoms with Crippen LogP contribution in [-0.2, 0) is 11.3 Å².